The van der Waals surface area contributed by atoms with E-state index in [1.807, 2.05) is 72.8 Å². The maximum atomic E-state index is 12.2. The summed E-state index contributed by atoms with van der Waals surface area (Å²) in [5.41, 5.74) is 5.63. The van der Waals surface area contributed by atoms with Gasteiger partial charge < -0.3 is 35.1 Å². The minimum Gasteiger partial charge on any atom is -0.465 e. The molecule has 0 radical (unpaired) electrons. The van der Waals surface area contributed by atoms with E-state index < -0.39 is 18.3 Å². The molecule has 3 aromatic rings. The molecule has 0 unspecified atom stereocenters. The van der Waals surface area contributed by atoms with Gasteiger partial charge in [-0.05, 0) is 34.7 Å². The van der Waals surface area contributed by atoms with Crippen molar-refractivity contribution in [2.75, 3.05) is 31.3 Å². The van der Waals surface area contributed by atoms with E-state index in [9.17, 15) is 19.8 Å². The molecule has 1 fully saturated rings. The van der Waals surface area contributed by atoms with E-state index in [1.165, 1.54) is 0 Å². The monoisotopic (exact) mass is 608 g/mol. The van der Waals surface area contributed by atoms with Gasteiger partial charge in [0.1, 0.15) is 6.54 Å². The van der Waals surface area contributed by atoms with E-state index >= 15 is 0 Å². The first kappa shape index (κ1) is 32.5. The van der Waals surface area contributed by atoms with Crippen molar-refractivity contribution >= 4 is 23.8 Å². The highest BCUT2D eigenvalue weighted by Gasteiger charge is 2.38. The summed E-state index contributed by atoms with van der Waals surface area (Å²) in [6.45, 7) is 4.29. The quantitative estimate of drug-likeness (QED) is 0.162. The van der Waals surface area contributed by atoms with Gasteiger partial charge in [-0.15, -0.1) is 0 Å². The number of amides is 2. The highest BCUT2D eigenvalue weighted by Crippen LogP contribution is 2.42. The lowest BCUT2D eigenvalue weighted by Gasteiger charge is -2.41. The molecule has 230 valence electrons. The van der Waals surface area contributed by atoms with Crippen LogP contribution in [-0.4, -0.2) is 59.6 Å². The third-order valence-corrected chi connectivity index (χ3v) is 8.33. The van der Waals surface area contributed by atoms with Gasteiger partial charge in [0.25, 0.3) is 0 Å². The molecule has 3 aromatic carbocycles. The topological polar surface area (TPSA) is 126 Å². The van der Waals surface area contributed by atoms with Crippen LogP contribution in [0.1, 0.15) is 48.5 Å². The van der Waals surface area contributed by atoms with Crippen molar-refractivity contribution in [1.82, 2.24) is 10.6 Å². The second kappa shape index (κ2) is 16.4. The lowest BCUT2D eigenvalue weighted by atomic mass is 9.91. The summed E-state index contributed by atoms with van der Waals surface area (Å²) in [6, 6.07) is 23.2. The number of hydrogen-bond acceptors (Lipinski definition) is 8. The molecule has 0 saturated carbocycles. The summed E-state index contributed by atoms with van der Waals surface area (Å²) >= 11 is 1.66. The van der Waals surface area contributed by atoms with Gasteiger partial charge in [-0.25, -0.2) is 4.79 Å². The van der Waals surface area contributed by atoms with E-state index in [4.69, 9.17) is 14.2 Å². The minimum absolute atomic E-state index is 0.0122. The van der Waals surface area contributed by atoms with Crippen molar-refractivity contribution in [2.24, 2.45) is 5.92 Å². The SMILES string of the molecule is CCOC(=O)CNC(=O)NCc1ccccc1-c1ccc([C@H]2O[C@@H](CSCCO)[C@@H](C)[C@@H](c3ccc(CO)cc3)O2)cc1. The van der Waals surface area contributed by atoms with Gasteiger partial charge in [0.15, 0.2) is 6.29 Å². The van der Waals surface area contributed by atoms with Crippen LogP contribution in [-0.2, 0) is 32.2 Å². The maximum Gasteiger partial charge on any atom is 0.325 e. The zero-order valence-corrected chi connectivity index (χ0v) is 25.3. The molecule has 1 saturated heterocycles. The van der Waals surface area contributed by atoms with Crippen molar-refractivity contribution < 1.29 is 34.0 Å². The molecule has 0 bridgehead atoms. The fraction of sp³-hybridized carbons (Fsp3) is 0.394. The predicted molar refractivity (Wildman–Crippen MR) is 166 cm³/mol. The lowest BCUT2D eigenvalue weighted by Crippen LogP contribution is -2.38. The molecule has 4 atom stereocenters. The summed E-state index contributed by atoms with van der Waals surface area (Å²) in [6.07, 6.45) is -0.862. The van der Waals surface area contributed by atoms with Crippen molar-refractivity contribution in [3.8, 4) is 11.1 Å². The summed E-state index contributed by atoms with van der Waals surface area (Å²) in [5.74, 6) is 0.970. The molecular weight excluding hydrogens is 568 g/mol. The Kier molecular flexibility index (Phi) is 12.4. The average molecular weight is 609 g/mol. The zero-order chi connectivity index (χ0) is 30.6. The number of aliphatic hydroxyl groups is 2. The lowest BCUT2D eigenvalue weighted by molar-refractivity contribution is -0.268. The Morgan fingerprint density at radius 2 is 1.65 bits per heavy atom. The van der Waals surface area contributed by atoms with Crippen LogP contribution in [0.15, 0.2) is 72.8 Å². The fourth-order valence-corrected chi connectivity index (χ4v) is 5.86. The number of benzene rings is 3. The number of hydrogen-bond donors (Lipinski definition) is 4. The first-order valence-electron chi connectivity index (χ1n) is 14.5. The molecule has 10 heteroatoms. The highest BCUT2D eigenvalue weighted by molar-refractivity contribution is 7.99. The van der Waals surface area contributed by atoms with Crippen molar-refractivity contribution in [1.29, 1.82) is 0 Å². The molecule has 43 heavy (non-hydrogen) atoms. The average Bonchev–Trinajstić information content (AvgIpc) is 3.04. The molecule has 0 spiro atoms. The largest absolute Gasteiger partial charge is 0.465 e. The number of carbonyl (C=O) groups is 2. The van der Waals surface area contributed by atoms with Gasteiger partial charge in [0.2, 0.25) is 0 Å². The number of rotatable bonds is 13. The Hall–Kier alpha value is -3.41. The molecule has 4 N–H and O–H groups in total. The van der Waals surface area contributed by atoms with Crippen molar-refractivity contribution in [3.63, 3.8) is 0 Å². The first-order valence-corrected chi connectivity index (χ1v) is 15.6. The minimum atomic E-state index is -0.576. The summed E-state index contributed by atoms with van der Waals surface area (Å²) < 4.78 is 17.8. The van der Waals surface area contributed by atoms with Crippen LogP contribution >= 0.6 is 11.8 Å². The summed E-state index contributed by atoms with van der Waals surface area (Å²) in [5, 5.41) is 24.1. The van der Waals surface area contributed by atoms with E-state index in [0.29, 0.717) is 5.75 Å². The standard InChI is InChI=1S/C33H40N2O7S/c1-3-40-30(38)19-35-33(39)34-18-27-6-4-5-7-28(27)24-12-14-26(15-13-24)32-41-29(21-43-17-16-36)22(2)31(42-32)25-10-8-23(20-37)9-11-25/h4-15,22,29,31-32,36-37H,3,16-21H2,1-2H3,(H2,34,35,39)/t22-,29+,31+,32+/m1/s1. The number of urea groups is 1. The molecule has 0 aromatic heterocycles. The number of aliphatic hydroxyl groups excluding tert-OH is 2. The normalized spacial score (nSPS) is 19.9. The highest BCUT2D eigenvalue weighted by atomic mass is 32.2. The number of nitrogens with one attached hydrogen (secondary N) is 2. The van der Waals surface area contributed by atoms with Gasteiger partial charge in [-0.2, -0.15) is 11.8 Å². The smallest absolute Gasteiger partial charge is 0.325 e. The van der Waals surface area contributed by atoms with Gasteiger partial charge in [-0.1, -0.05) is 79.7 Å². The van der Waals surface area contributed by atoms with Crippen LogP contribution in [0, 0.1) is 5.92 Å². The van der Waals surface area contributed by atoms with E-state index in [-0.39, 0.29) is 51.0 Å². The predicted octanol–water partition coefficient (Wildman–Crippen LogP) is 4.73. The molecule has 4 rings (SSSR count). The van der Waals surface area contributed by atoms with E-state index in [1.54, 1.807) is 18.7 Å². The van der Waals surface area contributed by atoms with Gasteiger partial charge in [0.05, 0.1) is 32.0 Å². The number of ether oxygens (including phenoxy) is 3. The third kappa shape index (κ3) is 9.04. The Bertz CT molecular complexity index is 1320. The zero-order valence-electron chi connectivity index (χ0n) is 24.5. The number of carbonyl (C=O) groups excluding carboxylic acids is 2. The molecule has 1 heterocycles. The molecular formula is C33H40N2O7S. The summed E-state index contributed by atoms with van der Waals surface area (Å²) in [4.78, 5) is 23.7. The molecule has 2 amide bonds. The Morgan fingerprint density at radius 3 is 2.35 bits per heavy atom. The van der Waals surface area contributed by atoms with Gasteiger partial charge in [0, 0.05) is 29.5 Å². The fourth-order valence-electron chi connectivity index (χ4n) is 4.95. The second-order valence-corrected chi connectivity index (χ2v) is 11.4. The Balaban J connectivity index is 1.47. The maximum absolute atomic E-state index is 12.2. The van der Waals surface area contributed by atoms with Gasteiger partial charge >= 0.3 is 12.0 Å². The van der Waals surface area contributed by atoms with Gasteiger partial charge in [-0.3, -0.25) is 4.79 Å². The summed E-state index contributed by atoms with van der Waals surface area (Å²) in [7, 11) is 0. The number of thioether (sulfide) groups is 1. The Morgan fingerprint density at radius 1 is 0.930 bits per heavy atom. The van der Waals surface area contributed by atoms with E-state index in [0.717, 1.165) is 39.1 Å². The van der Waals surface area contributed by atoms with Crippen LogP contribution in [0.3, 0.4) is 0 Å². The van der Waals surface area contributed by atoms with Crippen LogP contribution in [0.2, 0.25) is 0 Å². The van der Waals surface area contributed by atoms with Crippen LogP contribution < -0.4 is 10.6 Å². The van der Waals surface area contributed by atoms with Crippen molar-refractivity contribution in [3.05, 3.63) is 95.1 Å². The van der Waals surface area contributed by atoms with Crippen LogP contribution in [0.5, 0.6) is 0 Å². The Labute approximate surface area is 256 Å². The molecule has 9 nitrogen and oxygen atoms in total. The molecule has 1 aliphatic heterocycles. The number of esters is 1. The third-order valence-electron chi connectivity index (χ3n) is 7.29. The van der Waals surface area contributed by atoms with Crippen molar-refractivity contribution in [2.45, 2.75) is 45.5 Å². The van der Waals surface area contributed by atoms with E-state index in [2.05, 4.69) is 17.6 Å². The van der Waals surface area contributed by atoms with Crippen LogP contribution in [0.4, 0.5) is 4.79 Å². The van der Waals surface area contributed by atoms with Crippen LogP contribution in [0.25, 0.3) is 11.1 Å². The molecule has 1 aliphatic rings. The molecule has 0 aliphatic carbocycles. The second-order valence-electron chi connectivity index (χ2n) is 10.2. The first-order chi connectivity index (χ1) is 20.9.